The van der Waals surface area contributed by atoms with Crippen LogP contribution in [0.2, 0.25) is 5.02 Å². The van der Waals surface area contributed by atoms with Crippen molar-refractivity contribution in [3.05, 3.63) is 53.4 Å². The van der Waals surface area contributed by atoms with Gasteiger partial charge in [0.15, 0.2) is 0 Å². The van der Waals surface area contributed by atoms with E-state index in [4.69, 9.17) is 16.3 Å². The highest BCUT2D eigenvalue weighted by Crippen LogP contribution is 2.33. The topological polar surface area (TPSA) is 21.3 Å². The van der Waals surface area contributed by atoms with Gasteiger partial charge in [0, 0.05) is 30.9 Å². The molecule has 106 valence electrons. The van der Waals surface area contributed by atoms with Gasteiger partial charge >= 0.3 is 0 Å². The first-order valence-corrected chi connectivity index (χ1v) is 8.76. The first-order valence-electron chi connectivity index (χ1n) is 5.72. The highest BCUT2D eigenvalue weighted by Gasteiger charge is 2.10. The molecule has 2 rings (SSSR count). The zero-order chi connectivity index (χ0) is 14.7. The molecule has 0 unspecified atom stereocenters. The summed E-state index contributed by atoms with van der Waals surface area (Å²) < 4.78 is 8.46. The zero-order valence-corrected chi connectivity index (χ0v) is 16.6. The zero-order valence-electron chi connectivity index (χ0n) is 10.5. The van der Waals surface area contributed by atoms with E-state index in [-0.39, 0.29) is 0 Å². The third-order valence-corrected chi connectivity index (χ3v) is 4.86. The molecule has 0 bridgehead atoms. The van der Waals surface area contributed by atoms with E-state index in [2.05, 4.69) is 59.8 Å². The Bertz CT molecular complexity index is 637. The molecule has 1 N–H and O–H groups in total. The lowest BCUT2D eigenvalue weighted by atomic mass is 10.2. The highest BCUT2D eigenvalue weighted by molar-refractivity contribution is 14.1. The Morgan fingerprint density at radius 1 is 1.25 bits per heavy atom. The van der Waals surface area contributed by atoms with E-state index in [1.54, 1.807) is 7.11 Å². The molecule has 0 fully saturated rings. The molecule has 0 atom stereocenters. The van der Waals surface area contributed by atoms with Crippen LogP contribution in [0.5, 0.6) is 5.75 Å². The molecule has 0 amide bonds. The fourth-order valence-electron chi connectivity index (χ4n) is 1.80. The van der Waals surface area contributed by atoms with Gasteiger partial charge in [0.05, 0.1) is 11.6 Å². The van der Waals surface area contributed by atoms with E-state index < -0.39 is 0 Å². The summed E-state index contributed by atoms with van der Waals surface area (Å²) in [5.74, 6) is 0.838. The number of hydrogen-bond acceptors (Lipinski definition) is 2. The van der Waals surface area contributed by atoms with Gasteiger partial charge in [0.1, 0.15) is 5.75 Å². The molecule has 0 heterocycles. The van der Waals surface area contributed by atoms with Crippen LogP contribution >= 0.6 is 66.1 Å². The van der Waals surface area contributed by atoms with Crippen LogP contribution in [0.4, 0.5) is 5.69 Å². The number of nitrogens with one attached hydrogen (secondary N) is 1. The summed E-state index contributed by atoms with van der Waals surface area (Å²) >= 11 is 15.2. The minimum atomic E-state index is 0.666. The summed E-state index contributed by atoms with van der Waals surface area (Å²) in [5.41, 5.74) is 2.12. The van der Waals surface area contributed by atoms with Crippen molar-refractivity contribution < 1.29 is 4.74 Å². The van der Waals surface area contributed by atoms with Gasteiger partial charge in [0.2, 0.25) is 0 Å². The second-order valence-corrected chi connectivity index (χ2v) is 7.43. The van der Waals surface area contributed by atoms with E-state index in [1.807, 2.05) is 30.3 Å². The van der Waals surface area contributed by atoms with Crippen LogP contribution in [0.3, 0.4) is 0 Å². The molecule has 2 nitrogen and oxygen atoms in total. The van der Waals surface area contributed by atoms with Crippen LogP contribution in [-0.4, -0.2) is 7.11 Å². The Balaban J connectivity index is 2.22. The molecule has 2 aromatic carbocycles. The van der Waals surface area contributed by atoms with Crippen molar-refractivity contribution in [3.8, 4) is 5.75 Å². The van der Waals surface area contributed by atoms with Gasteiger partial charge in [-0.15, -0.1) is 0 Å². The van der Waals surface area contributed by atoms with E-state index in [1.165, 1.54) is 0 Å². The number of hydrogen-bond donors (Lipinski definition) is 1. The van der Waals surface area contributed by atoms with E-state index in [0.717, 1.165) is 34.5 Å². The minimum Gasteiger partial charge on any atom is -0.495 e. The fraction of sp³-hybridized carbons (Fsp3) is 0.143. The Labute approximate surface area is 153 Å². The van der Waals surface area contributed by atoms with Gasteiger partial charge in [0.25, 0.3) is 0 Å². The van der Waals surface area contributed by atoms with Crippen molar-refractivity contribution in [2.24, 2.45) is 0 Å². The molecule has 2 aromatic rings. The van der Waals surface area contributed by atoms with Crippen LogP contribution in [0.15, 0.2) is 39.3 Å². The molecule has 20 heavy (non-hydrogen) atoms. The quantitative estimate of drug-likeness (QED) is 0.483. The summed E-state index contributed by atoms with van der Waals surface area (Å²) in [4.78, 5) is 0. The predicted molar refractivity (Wildman–Crippen MR) is 99.9 cm³/mol. The Morgan fingerprint density at radius 2 is 2.00 bits per heavy atom. The second-order valence-electron chi connectivity index (χ2n) is 4.06. The second kappa shape index (κ2) is 7.33. The largest absolute Gasteiger partial charge is 0.495 e. The molecule has 0 radical (unpaired) electrons. The molecule has 0 aromatic heterocycles. The summed E-state index contributed by atoms with van der Waals surface area (Å²) in [6.07, 6.45) is 0. The Morgan fingerprint density at radius 3 is 2.65 bits per heavy atom. The predicted octanol–water partition coefficient (Wildman–Crippen LogP) is 6.09. The van der Waals surface area contributed by atoms with Gasteiger partial charge in [-0.25, -0.2) is 0 Å². The molecule has 0 saturated heterocycles. The Hall–Kier alpha value is 0.0200. The van der Waals surface area contributed by atoms with Crippen LogP contribution in [0, 0.1) is 3.57 Å². The number of rotatable bonds is 4. The lowest BCUT2D eigenvalue weighted by molar-refractivity contribution is 0.407. The Kier molecular flexibility index (Phi) is 6.01. The molecule has 0 saturated carbocycles. The normalized spacial score (nSPS) is 10.4. The van der Waals surface area contributed by atoms with Crippen molar-refractivity contribution in [3.63, 3.8) is 0 Å². The third kappa shape index (κ3) is 4.02. The van der Waals surface area contributed by atoms with E-state index in [0.29, 0.717) is 6.54 Å². The molecular formula is C14H11Br2ClINO. The third-order valence-electron chi connectivity index (χ3n) is 2.69. The smallest absolute Gasteiger partial charge is 0.138 e. The maximum absolute atomic E-state index is 5.96. The van der Waals surface area contributed by atoms with Gasteiger partial charge in [-0.1, -0.05) is 27.5 Å². The van der Waals surface area contributed by atoms with Crippen LogP contribution in [-0.2, 0) is 6.54 Å². The molecule has 0 aliphatic rings. The summed E-state index contributed by atoms with van der Waals surface area (Å²) in [6, 6.07) is 9.79. The molecule has 6 heteroatoms. The fourth-order valence-corrected chi connectivity index (χ4v) is 4.33. The van der Waals surface area contributed by atoms with Crippen molar-refractivity contribution in [2.45, 2.75) is 6.54 Å². The highest BCUT2D eigenvalue weighted by atomic mass is 127. The number of benzene rings is 2. The number of anilines is 1. The maximum Gasteiger partial charge on any atom is 0.138 e. The summed E-state index contributed by atoms with van der Waals surface area (Å²) in [7, 11) is 1.67. The average Bonchev–Trinajstić information content (AvgIpc) is 2.37. The molecule has 0 aliphatic heterocycles. The van der Waals surface area contributed by atoms with Gasteiger partial charge in [-0.3, -0.25) is 0 Å². The van der Waals surface area contributed by atoms with Crippen molar-refractivity contribution in [2.75, 3.05) is 12.4 Å². The van der Waals surface area contributed by atoms with Crippen LogP contribution in [0.1, 0.15) is 5.56 Å². The van der Waals surface area contributed by atoms with Crippen molar-refractivity contribution in [1.29, 1.82) is 0 Å². The summed E-state index contributed by atoms with van der Waals surface area (Å²) in [6.45, 7) is 0.666. The molecule has 0 aliphatic carbocycles. The van der Waals surface area contributed by atoms with Crippen molar-refractivity contribution >= 4 is 71.7 Å². The number of methoxy groups -OCH3 is 1. The SMILES string of the molecule is COc1c(Br)cc(Br)cc1CNc1ccc(Cl)cc1I. The van der Waals surface area contributed by atoms with Crippen LogP contribution in [0.25, 0.3) is 0 Å². The van der Waals surface area contributed by atoms with Crippen LogP contribution < -0.4 is 10.1 Å². The molecule has 0 spiro atoms. The monoisotopic (exact) mass is 529 g/mol. The van der Waals surface area contributed by atoms with E-state index >= 15 is 0 Å². The maximum atomic E-state index is 5.96. The average molecular weight is 531 g/mol. The first-order chi connectivity index (χ1) is 9.51. The van der Waals surface area contributed by atoms with E-state index in [9.17, 15) is 0 Å². The van der Waals surface area contributed by atoms with Gasteiger partial charge in [-0.2, -0.15) is 0 Å². The minimum absolute atomic E-state index is 0.666. The van der Waals surface area contributed by atoms with Gasteiger partial charge in [-0.05, 0) is 68.9 Å². The summed E-state index contributed by atoms with van der Waals surface area (Å²) in [5, 5.41) is 4.14. The lowest BCUT2D eigenvalue weighted by Crippen LogP contribution is -2.03. The molecular weight excluding hydrogens is 520 g/mol. The lowest BCUT2D eigenvalue weighted by Gasteiger charge is -2.14. The van der Waals surface area contributed by atoms with Gasteiger partial charge < -0.3 is 10.1 Å². The number of halogens is 4. The first kappa shape index (κ1) is 16.4. The number of ether oxygens (including phenoxy) is 1. The standard InChI is InChI=1S/C14H11Br2ClINO/c1-20-14-8(4-9(15)5-11(14)16)7-19-13-3-2-10(17)6-12(13)18/h2-6,19H,7H2,1H3. The van der Waals surface area contributed by atoms with Crippen molar-refractivity contribution in [1.82, 2.24) is 0 Å².